The van der Waals surface area contributed by atoms with Crippen LogP contribution in [0.25, 0.3) is 49.7 Å². The van der Waals surface area contributed by atoms with Gasteiger partial charge in [-0.3, -0.25) is 0 Å². The molecule has 1 aliphatic carbocycles. The third-order valence-electron chi connectivity index (χ3n) is 7.31. The van der Waals surface area contributed by atoms with Crippen molar-refractivity contribution in [1.82, 2.24) is 4.57 Å². The van der Waals surface area contributed by atoms with Crippen LogP contribution >= 0.6 is 0 Å². The Labute approximate surface area is 199 Å². The summed E-state index contributed by atoms with van der Waals surface area (Å²) in [5.74, 6) is 0. The number of fused-ring (bicyclic) bond motifs is 6. The van der Waals surface area contributed by atoms with E-state index >= 15 is 0 Å². The summed E-state index contributed by atoms with van der Waals surface area (Å²) in [6.45, 7) is 4.34. The molecule has 7 rings (SSSR count). The standard InChI is InChI=1S/C33H25N/c1-21-6-5-8-27(16-21)34-32-14-10-22(2)17-30(32)31-20-24(13-15-33(31)34)23-11-12-26-18-25-7-3-4-9-28(25)29(26)19-23/h3-17,19-20H,18H2,1-2H3. The van der Waals surface area contributed by atoms with E-state index in [9.17, 15) is 0 Å². The van der Waals surface area contributed by atoms with Gasteiger partial charge >= 0.3 is 0 Å². The molecule has 1 aromatic heterocycles. The van der Waals surface area contributed by atoms with E-state index in [2.05, 4.69) is 122 Å². The minimum Gasteiger partial charge on any atom is -0.309 e. The first-order valence-electron chi connectivity index (χ1n) is 12.0. The van der Waals surface area contributed by atoms with Gasteiger partial charge in [-0.05, 0) is 102 Å². The lowest BCUT2D eigenvalue weighted by Gasteiger charge is -2.10. The van der Waals surface area contributed by atoms with E-state index in [0.29, 0.717) is 0 Å². The van der Waals surface area contributed by atoms with Crippen molar-refractivity contribution < 1.29 is 0 Å². The monoisotopic (exact) mass is 435 g/mol. The van der Waals surface area contributed by atoms with Crippen LogP contribution in [0.15, 0.2) is 103 Å². The van der Waals surface area contributed by atoms with Crippen LogP contribution in [0, 0.1) is 13.8 Å². The summed E-state index contributed by atoms with van der Waals surface area (Å²) in [5, 5.41) is 2.61. The maximum atomic E-state index is 2.40. The molecule has 162 valence electrons. The maximum Gasteiger partial charge on any atom is 0.0541 e. The molecule has 0 saturated heterocycles. The van der Waals surface area contributed by atoms with Gasteiger partial charge in [-0.15, -0.1) is 0 Å². The lowest BCUT2D eigenvalue weighted by Crippen LogP contribution is -1.94. The highest BCUT2D eigenvalue weighted by molar-refractivity contribution is 6.10. The SMILES string of the molecule is Cc1cccc(-n2c3ccc(C)cc3c3cc(-c4ccc5c(c4)-c4ccccc4C5)ccc32)c1. The minimum absolute atomic E-state index is 1.04. The summed E-state index contributed by atoms with van der Waals surface area (Å²) in [6.07, 6.45) is 1.04. The molecule has 0 N–H and O–H groups in total. The van der Waals surface area contributed by atoms with Crippen molar-refractivity contribution in [2.75, 3.05) is 0 Å². The molecule has 34 heavy (non-hydrogen) atoms. The highest BCUT2D eigenvalue weighted by Gasteiger charge is 2.19. The highest BCUT2D eigenvalue weighted by atomic mass is 15.0. The van der Waals surface area contributed by atoms with Crippen LogP contribution in [0.1, 0.15) is 22.3 Å². The predicted molar refractivity (Wildman–Crippen MR) is 144 cm³/mol. The Morgan fingerprint density at radius 3 is 2.12 bits per heavy atom. The Morgan fingerprint density at radius 1 is 0.529 bits per heavy atom. The van der Waals surface area contributed by atoms with E-state index in [1.165, 1.54) is 72.0 Å². The van der Waals surface area contributed by atoms with Gasteiger partial charge in [-0.25, -0.2) is 0 Å². The summed E-state index contributed by atoms with van der Waals surface area (Å²) in [4.78, 5) is 0. The summed E-state index contributed by atoms with van der Waals surface area (Å²) < 4.78 is 2.40. The van der Waals surface area contributed by atoms with Crippen molar-refractivity contribution in [3.8, 4) is 27.9 Å². The Kier molecular flexibility index (Phi) is 4.10. The molecule has 1 heterocycles. The number of nitrogens with zero attached hydrogens (tertiary/aromatic N) is 1. The van der Waals surface area contributed by atoms with E-state index in [4.69, 9.17) is 0 Å². The largest absolute Gasteiger partial charge is 0.309 e. The number of aromatic nitrogens is 1. The van der Waals surface area contributed by atoms with E-state index < -0.39 is 0 Å². The summed E-state index contributed by atoms with van der Waals surface area (Å²) in [7, 11) is 0. The highest BCUT2D eigenvalue weighted by Crippen LogP contribution is 2.40. The summed E-state index contributed by atoms with van der Waals surface area (Å²) >= 11 is 0. The molecular formula is C33H25N. The summed E-state index contributed by atoms with van der Waals surface area (Å²) in [6, 6.07) is 38.3. The van der Waals surface area contributed by atoms with Gasteiger partial charge in [0.05, 0.1) is 11.0 Å². The lowest BCUT2D eigenvalue weighted by molar-refractivity contribution is 1.17. The second-order valence-electron chi connectivity index (χ2n) is 9.63. The van der Waals surface area contributed by atoms with E-state index in [1.54, 1.807) is 0 Å². The molecule has 0 atom stereocenters. The van der Waals surface area contributed by atoms with Crippen LogP contribution in [0.5, 0.6) is 0 Å². The van der Waals surface area contributed by atoms with Crippen LogP contribution in [-0.4, -0.2) is 4.57 Å². The molecule has 5 aromatic carbocycles. The first kappa shape index (κ1) is 19.4. The van der Waals surface area contributed by atoms with Crippen LogP contribution in [0.3, 0.4) is 0 Å². The van der Waals surface area contributed by atoms with Gasteiger partial charge in [0.25, 0.3) is 0 Å². The molecule has 0 radical (unpaired) electrons. The van der Waals surface area contributed by atoms with Crippen LogP contribution in [0.2, 0.25) is 0 Å². The number of aryl methyl sites for hydroxylation is 2. The van der Waals surface area contributed by atoms with Gasteiger partial charge in [0, 0.05) is 16.5 Å². The normalized spacial score (nSPS) is 12.3. The van der Waals surface area contributed by atoms with Crippen molar-refractivity contribution in [2.45, 2.75) is 20.3 Å². The molecule has 0 saturated carbocycles. The van der Waals surface area contributed by atoms with Crippen LogP contribution in [-0.2, 0) is 6.42 Å². The molecule has 1 heteroatoms. The second-order valence-corrected chi connectivity index (χ2v) is 9.63. The van der Waals surface area contributed by atoms with E-state index in [-0.39, 0.29) is 0 Å². The van der Waals surface area contributed by atoms with Gasteiger partial charge in [0.2, 0.25) is 0 Å². The first-order valence-corrected chi connectivity index (χ1v) is 12.0. The molecule has 1 aliphatic rings. The van der Waals surface area contributed by atoms with Crippen molar-refractivity contribution in [3.05, 3.63) is 125 Å². The molecule has 0 bridgehead atoms. The maximum absolute atomic E-state index is 2.40. The van der Waals surface area contributed by atoms with Crippen LogP contribution < -0.4 is 0 Å². The van der Waals surface area contributed by atoms with Crippen LogP contribution in [0.4, 0.5) is 0 Å². The van der Waals surface area contributed by atoms with Gasteiger partial charge < -0.3 is 4.57 Å². The topological polar surface area (TPSA) is 4.93 Å². The predicted octanol–water partition coefficient (Wildman–Crippen LogP) is 8.64. The Morgan fingerprint density at radius 2 is 1.24 bits per heavy atom. The lowest BCUT2D eigenvalue weighted by atomic mass is 9.97. The fourth-order valence-electron chi connectivity index (χ4n) is 5.67. The zero-order valence-corrected chi connectivity index (χ0v) is 19.5. The third-order valence-corrected chi connectivity index (χ3v) is 7.31. The molecule has 0 unspecified atom stereocenters. The number of hydrogen-bond acceptors (Lipinski definition) is 0. The third kappa shape index (κ3) is 2.87. The second kappa shape index (κ2) is 7.20. The van der Waals surface area contributed by atoms with Gasteiger partial charge in [0.15, 0.2) is 0 Å². The average molecular weight is 436 g/mol. The van der Waals surface area contributed by atoms with Gasteiger partial charge in [0.1, 0.15) is 0 Å². The minimum atomic E-state index is 1.04. The molecule has 0 amide bonds. The zero-order chi connectivity index (χ0) is 22.8. The van der Waals surface area contributed by atoms with E-state index in [0.717, 1.165) is 6.42 Å². The van der Waals surface area contributed by atoms with Gasteiger partial charge in [-0.1, -0.05) is 66.2 Å². The van der Waals surface area contributed by atoms with Crippen molar-refractivity contribution in [2.24, 2.45) is 0 Å². The molecular weight excluding hydrogens is 410 g/mol. The molecule has 1 nitrogen and oxygen atoms in total. The van der Waals surface area contributed by atoms with E-state index in [1.807, 2.05) is 0 Å². The van der Waals surface area contributed by atoms with Crippen molar-refractivity contribution in [1.29, 1.82) is 0 Å². The first-order chi connectivity index (χ1) is 16.7. The average Bonchev–Trinajstić information content (AvgIpc) is 3.38. The van der Waals surface area contributed by atoms with Crippen molar-refractivity contribution in [3.63, 3.8) is 0 Å². The Hall–Kier alpha value is -4.10. The molecule has 6 aromatic rings. The number of benzene rings is 5. The fourth-order valence-corrected chi connectivity index (χ4v) is 5.67. The number of hydrogen-bond donors (Lipinski definition) is 0. The Balaban J connectivity index is 1.46. The van der Waals surface area contributed by atoms with Gasteiger partial charge in [-0.2, -0.15) is 0 Å². The molecule has 0 aliphatic heterocycles. The molecule has 0 fully saturated rings. The molecule has 0 spiro atoms. The number of rotatable bonds is 2. The Bertz CT molecular complexity index is 1750. The quantitative estimate of drug-likeness (QED) is 0.256. The fraction of sp³-hybridized carbons (Fsp3) is 0.0909. The van der Waals surface area contributed by atoms with Crippen molar-refractivity contribution >= 4 is 21.8 Å². The smallest absolute Gasteiger partial charge is 0.0541 e. The summed E-state index contributed by atoms with van der Waals surface area (Å²) in [5.41, 5.74) is 14.5. The zero-order valence-electron chi connectivity index (χ0n) is 19.5.